The smallest absolute Gasteiger partial charge is 0.242 e. The zero-order valence-corrected chi connectivity index (χ0v) is 17.9. The Hall–Kier alpha value is -1.82. The number of hydrogen-bond acceptors (Lipinski definition) is 4. The van der Waals surface area contributed by atoms with Crippen LogP contribution in [0.5, 0.6) is 0 Å². The molecule has 0 N–H and O–H groups in total. The highest BCUT2D eigenvalue weighted by Crippen LogP contribution is 2.21. The summed E-state index contributed by atoms with van der Waals surface area (Å²) in [6, 6.07) is 3.69. The Balaban J connectivity index is 2.06. The molecular formula is C22H36N2O4. The molecule has 2 rings (SSSR count). The largest absolute Gasteiger partial charge is 0.467 e. The van der Waals surface area contributed by atoms with Gasteiger partial charge in [0.2, 0.25) is 11.8 Å². The van der Waals surface area contributed by atoms with E-state index in [1.165, 1.54) is 0 Å². The Morgan fingerprint density at radius 3 is 2.57 bits per heavy atom. The highest BCUT2D eigenvalue weighted by molar-refractivity contribution is 5.85. The number of amides is 2. The Morgan fingerprint density at radius 2 is 2.00 bits per heavy atom. The van der Waals surface area contributed by atoms with E-state index in [4.69, 9.17) is 9.15 Å². The highest BCUT2D eigenvalue weighted by atomic mass is 16.5. The predicted molar refractivity (Wildman–Crippen MR) is 109 cm³/mol. The molecule has 0 aromatic carbocycles. The van der Waals surface area contributed by atoms with E-state index in [0.29, 0.717) is 26.1 Å². The molecule has 28 heavy (non-hydrogen) atoms. The first-order chi connectivity index (χ1) is 13.3. The van der Waals surface area contributed by atoms with E-state index in [9.17, 15) is 9.59 Å². The van der Waals surface area contributed by atoms with E-state index in [1.54, 1.807) is 16.1 Å². The number of hydrogen-bond donors (Lipinski definition) is 0. The lowest BCUT2D eigenvalue weighted by Crippen LogP contribution is -2.45. The maximum absolute atomic E-state index is 13.1. The van der Waals surface area contributed by atoms with Gasteiger partial charge in [0.25, 0.3) is 0 Å². The van der Waals surface area contributed by atoms with Crippen molar-refractivity contribution in [2.45, 2.75) is 72.4 Å². The standard InChI is InChI=1S/C22H36N2O4/c1-5-6-11-23(20(25)14-22(2,3)4)17-21(26)24(15-18-9-7-12-27-18)16-19-10-8-13-28-19/h7,9,12,19H,5-6,8,10-11,13-17H2,1-4H3. The Labute approximate surface area is 169 Å². The Morgan fingerprint density at radius 1 is 1.21 bits per heavy atom. The SMILES string of the molecule is CCCCN(CC(=O)N(Cc1ccco1)CC1CCCO1)C(=O)CC(C)(C)C. The van der Waals surface area contributed by atoms with Crippen LogP contribution in [0.3, 0.4) is 0 Å². The summed E-state index contributed by atoms with van der Waals surface area (Å²) in [5.41, 5.74) is -0.101. The van der Waals surface area contributed by atoms with Gasteiger partial charge in [-0.2, -0.15) is 0 Å². The minimum atomic E-state index is -0.101. The molecule has 0 aliphatic carbocycles. The van der Waals surface area contributed by atoms with E-state index in [-0.39, 0.29) is 29.9 Å². The summed E-state index contributed by atoms with van der Waals surface area (Å²) in [6.07, 6.45) is 5.99. The maximum atomic E-state index is 13.1. The molecular weight excluding hydrogens is 356 g/mol. The normalized spacial score (nSPS) is 16.9. The van der Waals surface area contributed by atoms with Crippen LogP contribution in [0.4, 0.5) is 0 Å². The van der Waals surface area contributed by atoms with Crippen LogP contribution >= 0.6 is 0 Å². The third kappa shape index (κ3) is 7.66. The summed E-state index contributed by atoms with van der Waals surface area (Å²) in [4.78, 5) is 29.4. The van der Waals surface area contributed by atoms with Gasteiger partial charge in [-0.1, -0.05) is 34.1 Å². The molecule has 6 nitrogen and oxygen atoms in total. The van der Waals surface area contributed by atoms with Crippen molar-refractivity contribution in [1.29, 1.82) is 0 Å². The van der Waals surface area contributed by atoms with Crippen molar-refractivity contribution < 1.29 is 18.7 Å². The van der Waals surface area contributed by atoms with E-state index in [2.05, 4.69) is 6.92 Å². The van der Waals surface area contributed by atoms with Gasteiger partial charge in [0.15, 0.2) is 0 Å². The monoisotopic (exact) mass is 392 g/mol. The third-order valence-electron chi connectivity index (χ3n) is 4.87. The van der Waals surface area contributed by atoms with Gasteiger partial charge in [0.05, 0.1) is 25.5 Å². The Bertz CT molecular complexity index is 601. The second kappa shape index (κ2) is 10.6. The van der Waals surface area contributed by atoms with Gasteiger partial charge in [0, 0.05) is 26.1 Å². The summed E-state index contributed by atoms with van der Waals surface area (Å²) in [7, 11) is 0. The van der Waals surface area contributed by atoms with Crippen LogP contribution in [-0.2, 0) is 20.9 Å². The molecule has 1 aliphatic rings. The molecule has 0 spiro atoms. The minimum absolute atomic E-state index is 0.0457. The van der Waals surface area contributed by atoms with Crippen molar-refractivity contribution in [2.75, 3.05) is 26.2 Å². The molecule has 0 bridgehead atoms. The van der Waals surface area contributed by atoms with E-state index < -0.39 is 0 Å². The van der Waals surface area contributed by atoms with Gasteiger partial charge in [-0.15, -0.1) is 0 Å². The molecule has 158 valence electrons. The van der Waals surface area contributed by atoms with Gasteiger partial charge < -0.3 is 19.0 Å². The summed E-state index contributed by atoms with van der Waals surface area (Å²) >= 11 is 0. The number of ether oxygens (including phenoxy) is 1. The molecule has 1 atom stereocenters. The van der Waals surface area contributed by atoms with E-state index in [0.717, 1.165) is 38.1 Å². The molecule has 1 aliphatic heterocycles. The topological polar surface area (TPSA) is 63.0 Å². The van der Waals surface area contributed by atoms with Crippen molar-refractivity contribution in [1.82, 2.24) is 9.80 Å². The fourth-order valence-corrected chi connectivity index (χ4v) is 3.35. The minimum Gasteiger partial charge on any atom is -0.467 e. The van der Waals surface area contributed by atoms with E-state index in [1.807, 2.05) is 32.9 Å². The predicted octanol–water partition coefficient (Wildman–Crippen LogP) is 3.85. The number of unbranched alkanes of at least 4 members (excludes halogenated alkanes) is 1. The first-order valence-corrected chi connectivity index (χ1v) is 10.5. The molecule has 0 saturated carbocycles. The van der Waals surface area contributed by atoms with Gasteiger partial charge in [0.1, 0.15) is 5.76 Å². The van der Waals surface area contributed by atoms with Crippen LogP contribution in [0.1, 0.15) is 65.6 Å². The lowest BCUT2D eigenvalue weighted by molar-refractivity contribution is -0.143. The van der Waals surface area contributed by atoms with Crippen molar-refractivity contribution >= 4 is 11.8 Å². The molecule has 1 saturated heterocycles. The van der Waals surface area contributed by atoms with Crippen LogP contribution in [-0.4, -0.2) is 54.0 Å². The maximum Gasteiger partial charge on any atom is 0.242 e. The van der Waals surface area contributed by atoms with Crippen LogP contribution < -0.4 is 0 Å². The number of carbonyl (C=O) groups excluding carboxylic acids is 2. The van der Waals surface area contributed by atoms with E-state index >= 15 is 0 Å². The Kier molecular flexibility index (Phi) is 8.55. The first-order valence-electron chi connectivity index (χ1n) is 10.5. The molecule has 2 amide bonds. The quantitative estimate of drug-likeness (QED) is 0.607. The summed E-state index contributed by atoms with van der Waals surface area (Å²) in [5, 5.41) is 0. The van der Waals surface area contributed by atoms with Crippen molar-refractivity contribution in [3.05, 3.63) is 24.2 Å². The second-order valence-electron chi connectivity index (χ2n) is 8.89. The molecule has 1 aromatic heterocycles. The van der Waals surface area contributed by atoms with Crippen molar-refractivity contribution in [2.24, 2.45) is 5.41 Å². The molecule has 1 aromatic rings. The van der Waals surface area contributed by atoms with Crippen molar-refractivity contribution in [3.63, 3.8) is 0 Å². The fourth-order valence-electron chi connectivity index (χ4n) is 3.35. The number of nitrogens with zero attached hydrogens (tertiary/aromatic N) is 2. The molecule has 6 heteroatoms. The second-order valence-corrected chi connectivity index (χ2v) is 8.89. The van der Waals surface area contributed by atoms with Gasteiger partial charge in [-0.25, -0.2) is 0 Å². The number of rotatable bonds is 10. The average molecular weight is 393 g/mol. The average Bonchev–Trinajstić information content (AvgIpc) is 3.30. The number of furan rings is 1. The highest BCUT2D eigenvalue weighted by Gasteiger charge is 2.27. The molecule has 1 fully saturated rings. The van der Waals surface area contributed by atoms with Crippen molar-refractivity contribution in [3.8, 4) is 0 Å². The summed E-state index contributed by atoms with van der Waals surface area (Å²) < 4.78 is 11.2. The zero-order chi connectivity index (χ0) is 20.6. The zero-order valence-electron chi connectivity index (χ0n) is 17.9. The molecule has 2 heterocycles. The third-order valence-corrected chi connectivity index (χ3v) is 4.87. The lowest BCUT2D eigenvalue weighted by Gasteiger charge is -2.30. The van der Waals surface area contributed by atoms with Crippen LogP contribution in [0.15, 0.2) is 22.8 Å². The van der Waals surface area contributed by atoms with Crippen LogP contribution in [0, 0.1) is 5.41 Å². The van der Waals surface area contributed by atoms with Gasteiger partial charge in [-0.3, -0.25) is 9.59 Å². The van der Waals surface area contributed by atoms with Gasteiger partial charge in [-0.05, 0) is 36.8 Å². The number of carbonyl (C=O) groups is 2. The molecule has 1 unspecified atom stereocenters. The van der Waals surface area contributed by atoms with Crippen LogP contribution in [0.25, 0.3) is 0 Å². The molecule has 0 radical (unpaired) electrons. The summed E-state index contributed by atoms with van der Waals surface area (Å²) in [5.74, 6) is 0.738. The fraction of sp³-hybridized carbons (Fsp3) is 0.727. The first kappa shape index (κ1) is 22.5. The van der Waals surface area contributed by atoms with Crippen LogP contribution in [0.2, 0.25) is 0 Å². The summed E-state index contributed by atoms with van der Waals surface area (Å²) in [6.45, 7) is 10.7. The lowest BCUT2D eigenvalue weighted by atomic mass is 9.91. The van der Waals surface area contributed by atoms with Gasteiger partial charge >= 0.3 is 0 Å².